The number of nitrogens with zero attached hydrogens (tertiary/aromatic N) is 18. The van der Waals surface area contributed by atoms with Crippen LogP contribution in [0.25, 0.3) is 55.7 Å². The van der Waals surface area contributed by atoms with Crippen molar-refractivity contribution in [2.45, 2.75) is 188 Å². The van der Waals surface area contributed by atoms with Crippen LogP contribution in [0.3, 0.4) is 0 Å². The molecule has 146 heavy (non-hydrogen) atoms. The summed E-state index contributed by atoms with van der Waals surface area (Å²) in [6.45, 7) is 4.42. The predicted molar refractivity (Wildman–Crippen MR) is 477 cm³/mol. The number of nitrogen functional groups attached to an aromatic ring is 1. The molecule has 24 atom stereocenters. The number of imidazole rings is 4. The summed E-state index contributed by atoms with van der Waals surface area (Å²) in [5, 5.41) is 122. The third kappa shape index (κ3) is 26.1. The summed E-state index contributed by atoms with van der Waals surface area (Å²) < 4.78 is 137. The number of fused-ring (bicyclic) bond motifs is 6. The molecule has 0 saturated carbocycles. The second kappa shape index (κ2) is 45.1. The van der Waals surface area contributed by atoms with Gasteiger partial charge in [-0.25, -0.2) is 82.2 Å². The summed E-state index contributed by atoms with van der Waals surface area (Å²) in [4.78, 5) is 204. The molecule has 18 rings (SSSR count). The second-order valence-corrected chi connectivity index (χ2v) is 40.5. The Balaban J connectivity index is 0.000000147. The lowest BCUT2D eigenvalue weighted by molar-refractivity contribution is -0.121. The zero-order valence-corrected chi connectivity index (χ0v) is 81.9. The summed E-state index contributed by atoms with van der Waals surface area (Å²) >= 11 is 5.99. The average Bonchev–Trinajstić information content (AvgIpc) is 1.60. The number of carbonyl (C=O) groups is 1. The zero-order chi connectivity index (χ0) is 107. The molecule has 68 nitrogen and oxygen atoms in total. The van der Waals surface area contributed by atoms with E-state index in [0.29, 0.717) is 68.1 Å². The van der Waals surface area contributed by atoms with Crippen LogP contribution in [0, 0.1) is 34.6 Å². The van der Waals surface area contributed by atoms with Crippen LogP contribution >= 0.6 is 58.5 Å². The average molecular weight is 2220 g/mol. The number of halogens is 1. The molecule has 28 N–H and O–H groups in total. The second-order valence-electron chi connectivity index (χ2n) is 32.7. The van der Waals surface area contributed by atoms with Crippen LogP contribution in [0.4, 0.5) is 11.5 Å². The van der Waals surface area contributed by atoms with Crippen molar-refractivity contribution in [3.8, 4) is 5.75 Å². The van der Waals surface area contributed by atoms with Gasteiger partial charge in [0.15, 0.2) is 70.6 Å². The van der Waals surface area contributed by atoms with Crippen molar-refractivity contribution in [3.63, 3.8) is 0 Å². The number of aliphatic hydroxyl groups excluding tert-OH is 12. The Labute approximate surface area is 818 Å². The van der Waals surface area contributed by atoms with E-state index in [1.54, 1.807) is 46.9 Å². The van der Waals surface area contributed by atoms with Crippen LogP contribution in [-0.2, 0) is 101 Å². The largest absolute Gasteiger partial charge is 0.494 e. The number of phosphoric acid groups is 6. The molecule has 7 aliphatic heterocycles. The first-order valence-electron chi connectivity index (χ1n) is 42.0. The molecule has 6 saturated heterocycles. The van der Waals surface area contributed by atoms with Crippen molar-refractivity contribution in [1.29, 1.82) is 0 Å². The van der Waals surface area contributed by atoms with E-state index in [4.69, 9.17) is 109 Å². The molecule has 6 fully saturated rings. The van der Waals surface area contributed by atoms with E-state index < -0.39 is 245 Å². The Morgan fingerprint density at radius 1 is 0.411 bits per heavy atom. The molecular weight excluding hydrogens is 2120 g/mol. The van der Waals surface area contributed by atoms with Crippen LogP contribution in [0.2, 0.25) is 5.15 Å². The molecular formula is C71H96ClN21O47P6. The van der Waals surface area contributed by atoms with Crippen molar-refractivity contribution in [2.75, 3.05) is 57.4 Å². The molecule has 0 spiro atoms. The lowest BCUT2D eigenvalue weighted by Crippen LogP contribution is -2.46. The van der Waals surface area contributed by atoms with E-state index in [0.717, 1.165) is 4.90 Å². The van der Waals surface area contributed by atoms with E-state index in [1.807, 2.05) is 0 Å². The standard InChI is InChI=1S/C13H18N3O8P.C12H17N4O8P.C12H16N3O9P.C12H16N3O8P.C11H14ClN4O7P.C11H15N4O7P/c1-6-3-7(22-2)9-12(15-6)16(5-14-9)13-11(18)10(17)8(24-13)4-23-25(19,20)21;1-5-14-10-7(11(19)15(5)2)13-4-16(10)12-9(18)8(17)6(24-12)3-23-25(20,21)22;1-4-13-10-5(11(19)14-4)2-7(16)15(10)12-9(18)8(17)6(24-12)3-23-25(20,21)22;1-5-13-10-6(11(18)14-5)2-3-15(10)12-9(17)8(16)7(23-12)4-22-24(19,20)21;1-4-14-9(12)6-10(15-4)16(3-13-6)11-8(18)7(17)5(23-11)2-22-24(19,20)21;12-5-1-2-13-10-7(5)14-4-15(10)11-9(17)8(16)6(22-11)3-21-23(18,19)20/h3,5,8,10-11,13,17-18H,4H2,1-2H3,(H2,19,20,21);4,6,8-9,12,17-18H,3H2,1-2H3,(H2,20,21,22);6,8-9,12,17-18H,2-3H2,1H3,(H,13,14,19)(H2,20,21,22);2-3,7-9,12,16-17H,4H2,1H3,(H,13,14,18)(H2,19,20,21);3,5,7-8,11,17-18H,2H2,1H3,(H2,19,20,21);1-2,4,6,8-9,11,16-17H,3H2,(H2,12,13)(H2,18,19,20)/t8-,10-,11-,13-;2*6-,8-,9-,12-;7-,8-,9-,12-;5-,7-,8-,11-;6-,8-,9-,11-/m111111/s1. The number of methoxy groups -OCH3 is 1. The Bertz CT molecular complexity index is 7090. The normalized spacial score (nSPS) is 28.0. The van der Waals surface area contributed by atoms with Crippen LogP contribution in [0.5, 0.6) is 5.75 Å². The lowest BCUT2D eigenvalue weighted by Gasteiger charge is -2.26. The minimum Gasteiger partial charge on any atom is -0.494 e. The minimum atomic E-state index is -4.80. The smallest absolute Gasteiger partial charge is 0.469 e. The SMILES string of the molecule is COc1cc(C)nc2c1ncn2[C@@H]1O[C@H](COP(=O)(O)O)[C@@H](O)[C@H]1O.Cc1nc(Cl)c2ncn([C@@H]3O[C@H](COP(=O)(O)O)[C@@H](O)[C@H]3O)c2n1.Cc1nc2c(c(=O)[nH]1)CC(=O)N2[C@@H]1O[C@H](COP(=O)(O)O)[C@@H](O)[C@H]1O.Cc1nc2c(ccn2[C@@H]2O[C@H](COP(=O)(O)O)[C@@H](O)[C@H]2O)c(=O)[nH]1.Cc1nc2c(ncn2[C@@H]2O[C@H](COP(=O)(O)O)[C@@H](O)[C@H]2O)c(=O)n1C.Nc1ccnc2c1ncn2[C@@H]1O[C@H](COP(=O)(O)O)[C@@H](O)[C@H]1O. The number of nitrogens with two attached hydrogens (primary N) is 1. The number of carbonyl (C=O) groups excluding carboxylic acids is 1. The summed E-state index contributed by atoms with van der Waals surface area (Å²) in [6.07, 6.45) is -23.0. The Morgan fingerprint density at radius 3 is 1.17 bits per heavy atom. The van der Waals surface area contributed by atoms with Gasteiger partial charge in [0.1, 0.15) is 167 Å². The highest BCUT2D eigenvalue weighted by Crippen LogP contribution is 2.47. The minimum absolute atomic E-state index is 0.0130. The van der Waals surface area contributed by atoms with Gasteiger partial charge < -0.3 is 173 Å². The number of hydrogen-bond donors (Lipinski definition) is 27. The van der Waals surface area contributed by atoms with Crippen LogP contribution in [-0.4, -0.2) is 381 Å². The number of aromatic nitrogens is 19. The van der Waals surface area contributed by atoms with Gasteiger partial charge in [-0.2, -0.15) is 0 Å². The Morgan fingerprint density at radius 2 is 0.760 bits per heavy atom. The summed E-state index contributed by atoms with van der Waals surface area (Å²) in [7, 11) is -25.4. The number of aromatic amines is 2. The number of phosphoric ester groups is 6. The van der Waals surface area contributed by atoms with E-state index in [9.17, 15) is 108 Å². The number of amides is 1. The molecule has 11 aromatic heterocycles. The van der Waals surface area contributed by atoms with Gasteiger partial charge >= 0.3 is 46.9 Å². The van der Waals surface area contributed by atoms with Crippen molar-refractivity contribution in [2.24, 2.45) is 7.05 Å². The first-order valence-corrected chi connectivity index (χ1v) is 51.6. The van der Waals surface area contributed by atoms with Gasteiger partial charge in [0.2, 0.25) is 5.91 Å². The topological polar surface area (TPSA) is 1010 Å². The van der Waals surface area contributed by atoms with Crippen molar-refractivity contribution < 1.29 is 212 Å². The van der Waals surface area contributed by atoms with Crippen molar-refractivity contribution in [1.82, 2.24) is 92.2 Å². The van der Waals surface area contributed by atoms with Gasteiger partial charge in [0, 0.05) is 31.2 Å². The molecule has 7 aliphatic rings. The number of nitrogens with one attached hydrogen (secondary N) is 2. The summed E-state index contributed by atoms with van der Waals surface area (Å²) in [5.41, 5.74) is 8.35. The third-order valence-corrected chi connectivity index (χ3v) is 25.8. The molecule has 0 unspecified atom stereocenters. The summed E-state index contributed by atoms with van der Waals surface area (Å²) in [6, 6.07) is 4.76. The highest BCUT2D eigenvalue weighted by Gasteiger charge is 2.54. The molecule has 0 aromatic carbocycles. The van der Waals surface area contributed by atoms with Crippen LogP contribution in [0.15, 0.2) is 70.3 Å². The fourth-order valence-corrected chi connectivity index (χ4v) is 17.9. The highest BCUT2D eigenvalue weighted by atomic mass is 35.5. The quantitative estimate of drug-likeness (QED) is 0.0187. The van der Waals surface area contributed by atoms with E-state index in [-0.39, 0.29) is 62.1 Å². The molecule has 75 heteroatoms. The van der Waals surface area contributed by atoms with Gasteiger partial charge in [-0.3, -0.25) is 74.1 Å². The van der Waals surface area contributed by atoms with Gasteiger partial charge in [0.25, 0.3) is 16.7 Å². The van der Waals surface area contributed by atoms with E-state index in [2.05, 4.69) is 91.9 Å². The maximum atomic E-state index is 12.3. The maximum Gasteiger partial charge on any atom is 0.469 e. The monoisotopic (exact) mass is 2220 g/mol. The van der Waals surface area contributed by atoms with Gasteiger partial charge in [-0.1, -0.05) is 11.6 Å². The number of ether oxygens (including phenoxy) is 7. The lowest BCUT2D eigenvalue weighted by atomic mass is 10.1. The molecule has 18 heterocycles. The first kappa shape index (κ1) is 114. The van der Waals surface area contributed by atoms with Crippen molar-refractivity contribution >= 4 is 132 Å². The molecule has 11 aromatic rings. The Hall–Kier alpha value is -9.26. The number of H-pyrrole nitrogens is 2. The predicted octanol–water partition coefficient (Wildman–Crippen LogP) is -7.81. The molecule has 0 bridgehead atoms. The molecule has 0 aliphatic carbocycles. The number of aliphatic hydroxyl groups is 12. The van der Waals surface area contributed by atoms with Gasteiger partial charge in [-0.05, 0) is 46.8 Å². The fourth-order valence-electron chi connectivity index (χ4n) is 15.6. The van der Waals surface area contributed by atoms with Crippen molar-refractivity contribution in [3.05, 3.63) is 127 Å². The number of anilines is 2. The summed E-state index contributed by atoms with van der Waals surface area (Å²) in [5.74, 6) is 1.35. The number of hydrogen-bond acceptors (Lipinski definition) is 47. The van der Waals surface area contributed by atoms with Gasteiger partial charge in [-0.15, -0.1) is 0 Å². The van der Waals surface area contributed by atoms with Gasteiger partial charge in [0.05, 0.1) is 95.1 Å². The van der Waals surface area contributed by atoms with Crippen LogP contribution < -0.4 is 32.0 Å². The fraction of sp³-hybridized carbons (Fsp3) is 0.535. The number of rotatable bonds is 25. The number of aryl methyl sites for hydroxylation is 5. The molecule has 0 radical (unpaired) electrons. The highest BCUT2D eigenvalue weighted by molar-refractivity contribution is 7.47. The third-order valence-electron chi connectivity index (χ3n) is 22.6. The Kier molecular flexibility index (Phi) is 35.2. The van der Waals surface area contributed by atoms with Crippen LogP contribution in [0.1, 0.15) is 65.7 Å². The van der Waals surface area contributed by atoms with E-state index >= 15 is 0 Å². The molecule has 804 valence electrons. The number of pyridine rings is 2. The maximum absolute atomic E-state index is 12.3. The van der Waals surface area contributed by atoms with E-state index in [1.165, 1.54) is 85.2 Å². The molecule has 1 amide bonds. The zero-order valence-electron chi connectivity index (χ0n) is 75.8. The first-order chi connectivity index (χ1) is 68.0.